The molecule has 1 atom stereocenters. The van der Waals surface area contributed by atoms with Crippen LogP contribution in [0.15, 0.2) is 18.2 Å². The van der Waals surface area contributed by atoms with E-state index < -0.39 is 29.5 Å². The van der Waals surface area contributed by atoms with E-state index in [0.29, 0.717) is 6.42 Å². The fraction of sp³-hybridized carbons (Fsp3) is 0.286. The van der Waals surface area contributed by atoms with Gasteiger partial charge in [-0.2, -0.15) is 18.8 Å². The van der Waals surface area contributed by atoms with Crippen LogP contribution in [0.1, 0.15) is 12.0 Å². The highest BCUT2D eigenvalue weighted by Crippen LogP contribution is 2.20. The third kappa shape index (κ3) is 4.20. The summed E-state index contributed by atoms with van der Waals surface area (Å²) in [4.78, 5) is 35.1. The van der Waals surface area contributed by atoms with Crippen LogP contribution in [0.2, 0.25) is 0 Å². The Balaban J connectivity index is 0.00000264. The number of halogens is 1. The van der Waals surface area contributed by atoms with E-state index >= 15 is 0 Å². The lowest BCUT2D eigenvalue weighted by Crippen LogP contribution is -2.35. The molecule has 9 heteroatoms. The second-order valence-corrected chi connectivity index (χ2v) is 4.84. The van der Waals surface area contributed by atoms with Gasteiger partial charge in [-0.3, -0.25) is 9.59 Å². The van der Waals surface area contributed by atoms with Crippen molar-refractivity contribution in [3.05, 3.63) is 29.6 Å². The molecule has 1 saturated heterocycles. The first kappa shape index (κ1) is 18.4. The number of carboxylic acid groups (broad SMARTS) is 1. The highest BCUT2D eigenvalue weighted by molar-refractivity contribution is 7.59. The van der Waals surface area contributed by atoms with Gasteiger partial charge in [0.25, 0.3) is 0 Å². The van der Waals surface area contributed by atoms with Crippen LogP contribution in [-0.4, -0.2) is 40.9 Å². The summed E-state index contributed by atoms with van der Waals surface area (Å²) in [5, 5.41) is 19.9. The summed E-state index contributed by atoms with van der Waals surface area (Å²) in [5.41, 5.74) is 0.0814. The largest absolute Gasteiger partial charge is 0.474 e. The van der Waals surface area contributed by atoms with Gasteiger partial charge in [0.2, 0.25) is 5.91 Å². The number of anilines is 1. The molecule has 0 aromatic heterocycles. The third-order valence-corrected chi connectivity index (χ3v) is 3.38. The molecule has 1 aliphatic rings. The average molecular weight is 339 g/mol. The van der Waals surface area contributed by atoms with Crippen molar-refractivity contribution < 1.29 is 23.9 Å². The second-order valence-electron chi connectivity index (χ2n) is 4.84. The Morgan fingerprint density at radius 1 is 1.39 bits per heavy atom. The first-order valence-electron chi connectivity index (χ1n) is 6.45. The molecule has 1 aromatic rings. The maximum Gasteiger partial charge on any atom is 0.394 e. The van der Waals surface area contributed by atoms with Crippen LogP contribution in [0.25, 0.3) is 0 Å². The second kappa shape index (κ2) is 7.60. The molecule has 0 unspecified atom stereocenters. The smallest absolute Gasteiger partial charge is 0.394 e. The maximum absolute atomic E-state index is 13.2. The van der Waals surface area contributed by atoms with Gasteiger partial charge in [0.05, 0.1) is 11.5 Å². The molecule has 0 saturated carbocycles. The number of likely N-dealkylation sites (tertiary alicyclic amines) is 1. The van der Waals surface area contributed by atoms with E-state index in [4.69, 9.17) is 10.4 Å². The Morgan fingerprint density at radius 3 is 2.70 bits per heavy atom. The standard InChI is InChI=1S/C14H12FN3O4.H2S/c15-11-2-1-10(5-9(11)6-16)17-12(19)8-3-4-18(7-8)13(20)14(21)22;/h1-2,5,8H,3-4,7H2,(H,17,19)(H,21,22);1H2/t8-;/m0./s1. The predicted molar refractivity (Wildman–Crippen MR) is 82.4 cm³/mol. The fourth-order valence-corrected chi connectivity index (χ4v) is 2.23. The van der Waals surface area contributed by atoms with Crippen LogP contribution < -0.4 is 5.32 Å². The average Bonchev–Trinajstić information content (AvgIpc) is 2.98. The number of nitrogens with one attached hydrogen (secondary N) is 1. The fourth-order valence-electron chi connectivity index (χ4n) is 2.23. The number of nitriles is 1. The Morgan fingerprint density at radius 2 is 2.09 bits per heavy atom. The summed E-state index contributed by atoms with van der Waals surface area (Å²) < 4.78 is 13.2. The van der Waals surface area contributed by atoms with E-state index in [1.165, 1.54) is 12.1 Å². The number of nitrogens with zero attached hydrogens (tertiary/aromatic N) is 2. The van der Waals surface area contributed by atoms with Gasteiger partial charge in [-0.25, -0.2) is 9.18 Å². The van der Waals surface area contributed by atoms with Gasteiger partial charge in [0, 0.05) is 18.8 Å². The maximum atomic E-state index is 13.2. The van der Waals surface area contributed by atoms with Gasteiger partial charge < -0.3 is 15.3 Å². The lowest BCUT2D eigenvalue weighted by atomic mass is 10.1. The molecular weight excluding hydrogens is 325 g/mol. The summed E-state index contributed by atoms with van der Waals surface area (Å²) >= 11 is 0. The SMILES string of the molecule is N#Cc1cc(NC(=O)[C@H]2CCN(C(=O)C(=O)O)C2)ccc1F.S. The van der Waals surface area contributed by atoms with E-state index in [1.807, 2.05) is 0 Å². The summed E-state index contributed by atoms with van der Waals surface area (Å²) in [7, 11) is 0. The van der Waals surface area contributed by atoms with Crippen molar-refractivity contribution in [3.8, 4) is 6.07 Å². The first-order chi connectivity index (χ1) is 10.4. The van der Waals surface area contributed by atoms with Crippen LogP contribution in [0.5, 0.6) is 0 Å². The molecule has 1 fully saturated rings. The van der Waals surface area contributed by atoms with Gasteiger partial charge in [0.1, 0.15) is 11.9 Å². The van der Waals surface area contributed by atoms with E-state index in [9.17, 15) is 18.8 Å². The Kier molecular flexibility index (Phi) is 6.10. The van der Waals surface area contributed by atoms with Gasteiger partial charge in [0.15, 0.2) is 0 Å². The Hall–Kier alpha value is -2.60. The molecule has 7 nitrogen and oxygen atoms in total. The van der Waals surface area contributed by atoms with Crippen molar-refractivity contribution >= 4 is 37.0 Å². The minimum atomic E-state index is -1.56. The van der Waals surface area contributed by atoms with E-state index in [2.05, 4.69) is 5.32 Å². The number of carboxylic acids is 1. The van der Waals surface area contributed by atoms with Crippen molar-refractivity contribution in [1.82, 2.24) is 4.90 Å². The summed E-state index contributed by atoms with van der Waals surface area (Å²) in [6.45, 7) is 0.208. The highest BCUT2D eigenvalue weighted by atomic mass is 32.1. The number of aliphatic carboxylic acids is 1. The van der Waals surface area contributed by atoms with Crippen LogP contribution in [0, 0.1) is 23.1 Å². The van der Waals surface area contributed by atoms with E-state index in [0.717, 1.165) is 11.0 Å². The number of carbonyl (C=O) groups is 3. The zero-order valence-electron chi connectivity index (χ0n) is 11.9. The molecule has 2 rings (SSSR count). The van der Waals surface area contributed by atoms with Crippen LogP contribution in [-0.2, 0) is 14.4 Å². The number of rotatable bonds is 2. The van der Waals surface area contributed by atoms with Crippen molar-refractivity contribution in [3.63, 3.8) is 0 Å². The van der Waals surface area contributed by atoms with Crippen molar-refractivity contribution in [2.45, 2.75) is 6.42 Å². The third-order valence-electron chi connectivity index (χ3n) is 3.38. The number of hydrogen-bond donors (Lipinski definition) is 2. The summed E-state index contributed by atoms with van der Waals surface area (Å²) in [6, 6.07) is 5.27. The van der Waals surface area contributed by atoms with Crippen molar-refractivity contribution in [2.24, 2.45) is 5.92 Å². The molecule has 23 heavy (non-hydrogen) atoms. The molecule has 0 aliphatic carbocycles. The van der Waals surface area contributed by atoms with Crippen LogP contribution in [0.4, 0.5) is 10.1 Å². The van der Waals surface area contributed by atoms with Crippen LogP contribution in [0.3, 0.4) is 0 Å². The molecule has 1 aromatic carbocycles. The number of hydrogen-bond acceptors (Lipinski definition) is 4. The first-order valence-corrected chi connectivity index (χ1v) is 6.45. The topological polar surface area (TPSA) is 111 Å². The molecule has 122 valence electrons. The zero-order chi connectivity index (χ0) is 16.3. The van der Waals surface area contributed by atoms with E-state index in [-0.39, 0.29) is 37.8 Å². The summed E-state index contributed by atoms with van der Waals surface area (Å²) in [6.07, 6.45) is 0.344. The number of amides is 2. The van der Waals surface area contributed by atoms with Crippen molar-refractivity contribution in [1.29, 1.82) is 5.26 Å². The monoisotopic (exact) mass is 339 g/mol. The van der Waals surface area contributed by atoms with Crippen LogP contribution >= 0.6 is 13.5 Å². The molecule has 1 aliphatic heterocycles. The lowest BCUT2D eigenvalue weighted by Gasteiger charge is -2.14. The number of benzene rings is 1. The normalized spacial score (nSPS) is 16.2. The minimum absolute atomic E-state index is 0. The van der Waals surface area contributed by atoms with Gasteiger partial charge in [-0.15, -0.1) is 0 Å². The Labute approximate surface area is 138 Å². The zero-order valence-corrected chi connectivity index (χ0v) is 12.9. The quantitative estimate of drug-likeness (QED) is 0.770. The molecule has 1 heterocycles. The number of carbonyl (C=O) groups excluding carboxylic acids is 2. The molecule has 0 spiro atoms. The molecule has 0 radical (unpaired) electrons. The predicted octanol–water partition coefficient (Wildman–Crippen LogP) is 0.682. The molecular formula is C14H14FN3O4S. The van der Waals surface area contributed by atoms with Gasteiger partial charge in [-0.05, 0) is 24.6 Å². The molecule has 2 N–H and O–H groups in total. The Bertz CT molecular complexity index is 689. The van der Waals surface area contributed by atoms with E-state index in [1.54, 1.807) is 6.07 Å². The summed E-state index contributed by atoms with van der Waals surface area (Å²) in [5.74, 6) is -4.23. The molecule has 0 bridgehead atoms. The van der Waals surface area contributed by atoms with Gasteiger partial charge >= 0.3 is 11.9 Å². The highest BCUT2D eigenvalue weighted by Gasteiger charge is 2.33. The molecule has 2 amide bonds. The lowest BCUT2D eigenvalue weighted by molar-refractivity contribution is -0.155. The minimum Gasteiger partial charge on any atom is -0.474 e. The van der Waals surface area contributed by atoms with Gasteiger partial charge in [-0.1, -0.05) is 0 Å². The van der Waals surface area contributed by atoms with Crippen molar-refractivity contribution in [2.75, 3.05) is 18.4 Å².